The lowest BCUT2D eigenvalue weighted by molar-refractivity contribution is -0.120. The van der Waals surface area contributed by atoms with Crippen LogP contribution in [-0.2, 0) is 11.2 Å². The Balaban J connectivity index is 1.66. The minimum absolute atomic E-state index is 0.210. The molecule has 140 valence electrons. The average Bonchev–Trinajstić information content (AvgIpc) is 3.02. The number of hydrogen-bond donors (Lipinski definition) is 2. The maximum Gasteiger partial charge on any atom is 0.244 e. The molecule has 7 nitrogen and oxygen atoms in total. The number of nitrogens with two attached hydrogens (primary N) is 1. The van der Waals surface area contributed by atoms with E-state index >= 15 is 0 Å². The van der Waals surface area contributed by atoms with E-state index in [4.69, 9.17) is 15.2 Å². The topological polar surface area (TPSA) is 98.8 Å². The van der Waals surface area contributed by atoms with Crippen LogP contribution in [0.5, 0.6) is 11.5 Å². The molecule has 0 radical (unpaired) electrons. The molecule has 0 aliphatic carbocycles. The van der Waals surface area contributed by atoms with E-state index in [9.17, 15) is 4.79 Å². The molecule has 0 bridgehead atoms. The van der Waals surface area contributed by atoms with Crippen molar-refractivity contribution < 1.29 is 14.3 Å². The van der Waals surface area contributed by atoms with Gasteiger partial charge in [0, 0.05) is 5.56 Å². The molecule has 0 saturated heterocycles. The van der Waals surface area contributed by atoms with Gasteiger partial charge in [-0.1, -0.05) is 23.5 Å². The first-order valence-electron chi connectivity index (χ1n) is 8.37. The zero-order valence-electron chi connectivity index (χ0n) is 15.1. The molecule has 2 aromatic carbocycles. The number of thiazole rings is 1. The Morgan fingerprint density at radius 2 is 2.22 bits per heavy atom. The predicted octanol–water partition coefficient (Wildman–Crippen LogP) is 2.98. The summed E-state index contributed by atoms with van der Waals surface area (Å²) in [4.78, 5) is 16.4. The molecule has 0 saturated carbocycles. The Morgan fingerprint density at radius 3 is 3.00 bits per heavy atom. The van der Waals surface area contributed by atoms with Crippen molar-refractivity contribution in [3.63, 3.8) is 0 Å². The summed E-state index contributed by atoms with van der Waals surface area (Å²) in [5.74, 6) is 0.988. The number of amides is 1. The maximum absolute atomic E-state index is 12.2. The molecule has 0 aliphatic rings. The zero-order valence-corrected chi connectivity index (χ0v) is 15.9. The molecule has 8 heteroatoms. The van der Waals surface area contributed by atoms with Crippen LogP contribution >= 0.6 is 11.3 Å². The molecule has 1 amide bonds. The van der Waals surface area contributed by atoms with Crippen LogP contribution in [0.3, 0.4) is 0 Å². The van der Waals surface area contributed by atoms with Crippen LogP contribution in [0.4, 0.5) is 5.13 Å². The summed E-state index contributed by atoms with van der Waals surface area (Å²) in [5.41, 5.74) is 10.7. The minimum Gasteiger partial charge on any atom is -0.493 e. The minimum atomic E-state index is -0.219. The van der Waals surface area contributed by atoms with Crippen LogP contribution in [0, 0.1) is 0 Å². The third kappa shape index (κ3) is 4.53. The van der Waals surface area contributed by atoms with Gasteiger partial charge in [0.1, 0.15) is 0 Å². The number of fused-ring (bicyclic) bond motifs is 1. The van der Waals surface area contributed by atoms with E-state index in [0.717, 1.165) is 21.3 Å². The smallest absolute Gasteiger partial charge is 0.244 e. The molecule has 1 heterocycles. The summed E-state index contributed by atoms with van der Waals surface area (Å²) in [6, 6.07) is 11.1. The second kappa shape index (κ2) is 8.50. The lowest BCUT2D eigenvalue weighted by Gasteiger charge is -2.11. The standard InChI is InChI=1S/C19H20N4O3S/c1-3-26-18-13(5-4-6-15(18)25-2)11-21-23-17(24)10-12-7-8-14-16(9-12)27-19(20)22-14/h4-9,11H,3,10H2,1-2H3,(H2,20,22)(H,23,24)/b21-11-. The Labute approximate surface area is 160 Å². The summed E-state index contributed by atoms with van der Waals surface area (Å²) in [6.07, 6.45) is 1.75. The first kappa shape index (κ1) is 18.7. The van der Waals surface area contributed by atoms with E-state index in [-0.39, 0.29) is 12.3 Å². The molecule has 3 rings (SSSR count). The Kier molecular flexibility index (Phi) is 5.87. The van der Waals surface area contributed by atoms with E-state index in [1.807, 2.05) is 43.3 Å². The van der Waals surface area contributed by atoms with Gasteiger partial charge in [0.25, 0.3) is 0 Å². The number of benzene rings is 2. The highest BCUT2D eigenvalue weighted by molar-refractivity contribution is 7.22. The number of nitrogen functional groups attached to an aromatic ring is 1. The molecule has 0 atom stereocenters. The van der Waals surface area contributed by atoms with Gasteiger partial charge in [0.2, 0.25) is 5.91 Å². The molecular weight excluding hydrogens is 364 g/mol. The van der Waals surface area contributed by atoms with Crippen LogP contribution in [0.2, 0.25) is 0 Å². The van der Waals surface area contributed by atoms with Crippen molar-refractivity contribution in [2.75, 3.05) is 19.5 Å². The number of methoxy groups -OCH3 is 1. The highest BCUT2D eigenvalue weighted by Gasteiger charge is 2.09. The number of rotatable bonds is 7. The van der Waals surface area contributed by atoms with E-state index < -0.39 is 0 Å². The molecule has 0 unspecified atom stereocenters. The average molecular weight is 384 g/mol. The molecule has 27 heavy (non-hydrogen) atoms. The Bertz CT molecular complexity index is 984. The van der Waals surface area contributed by atoms with Crippen LogP contribution < -0.4 is 20.6 Å². The van der Waals surface area contributed by atoms with Crippen LogP contribution in [0.1, 0.15) is 18.1 Å². The number of carbonyl (C=O) groups is 1. The largest absolute Gasteiger partial charge is 0.493 e. The molecule has 3 aromatic rings. The van der Waals surface area contributed by atoms with Gasteiger partial charge in [0.05, 0.1) is 36.6 Å². The summed E-state index contributed by atoms with van der Waals surface area (Å²) in [7, 11) is 1.58. The molecule has 1 aromatic heterocycles. The maximum atomic E-state index is 12.2. The van der Waals surface area contributed by atoms with Gasteiger partial charge in [-0.25, -0.2) is 10.4 Å². The fourth-order valence-corrected chi connectivity index (χ4v) is 3.39. The van der Waals surface area contributed by atoms with Gasteiger partial charge in [-0.2, -0.15) is 5.10 Å². The number of nitrogens with zero attached hydrogens (tertiary/aromatic N) is 2. The number of anilines is 1. The van der Waals surface area contributed by atoms with Crippen molar-refractivity contribution in [2.45, 2.75) is 13.3 Å². The highest BCUT2D eigenvalue weighted by atomic mass is 32.1. The first-order valence-corrected chi connectivity index (χ1v) is 9.19. The lowest BCUT2D eigenvalue weighted by atomic mass is 10.1. The van der Waals surface area contributed by atoms with Gasteiger partial charge >= 0.3 is 0 Å². The third-order valence-corrected chi connectivity index (χ3v) is 4.59. The Morgan fingerprint density at radius 1 is 1.37 bits per heavy atom. The fraction of sp³-hybridized carbons (Fsp3) is 0.211. The number of aromatic nitrogens is 1. The zero-order chi connectivity index (χ0) is 19.2. The lowest BCUT2D eigenvalue weighted by Crippen LogP contribution is -2.19. The van der Waals surface area contributed by atoms with Crippen LogP contribution in [-0.4, -0.2) is 30.8 Å². The molecule has 0 fully saturated rings. The van der Waals surface area contributed by atoms with Gasteiger partial charge in [-0.3, -0.25) is 4.79 Å². The third-order valence-electron chi connectivity index (χ3n) is 3.74. The summed E-state index contributed by atoms with van der Waals surface area (Å²) < 4.78 is 11.9. The second-order valence-electron chi connectivity index (χ2n) is 5.64. The highest BCUT2D eigenvalue weighted by Crippen LogP contribution is 2.30. The van der Waals surface area contributed by atoms with Crippen LogP contribution in [0.15, 0.2) is 41.5 Å². The molecular formula is C19H20N4O3S. The van der Waals surface area contributed by atoms with Crippen LogP contribution in [0.25, 0.3) is 10.2 Å². The van der Waals surface area contributed by atoms with Gasteiger partial charge < -0.3 is 15.2 Å². The second-order valence-corrected chi connectivity index (χ2v) is 6.70. The van der Waals surface area contributed by atoms with Gasteiger partial charge in [-0.15, -0.1) is 0 Å². The monoisotopic (exact) mass is 384 g/mol. The number of para-hydroxylation sites is 1. The quantitative estimate of drug-likeness (QED) is 0.482. The molecule has 0 spiro atoms. The van der Waals surface area contributed by atoms with E-state index in [0.29, 0.717) is 23.2 Å². The van der Waals surface area contributed by atoms with Crippen molar-refractivity contribution in [2.24, 2.45) is 5.10 Å². The number of nitrogens with one attached hydrogen (secondary N) is 1. The first-order chi connectivity index (χ1) is 13.1. The van der Waals surface area contributed by atoms with E-state index in [1.165, 1.54) is 11.3 Å². The normalized spacial score (nSPS) is 11.0. The summed E-state index contributed by atoms with van der Waals surface area (Å²) >= 11 is 1.40. The van der Waals surface area contributed by atoms with Crippen molar-refractivity contribution in [1.82, 2.24) is 10.4 Å². The van der Waals surface area contributed by atoms with E-state index in [1.54, 1.807) is 13.3 Å². The van der Waals surface area contributed by atoms with Crippen molar-refractivity contribution >= 4 is 38.8 Å². The molecule has 3 N–H and O–H groups in total. The van der Waals surface area contributed by atoms with Crippen molar-refractivity contribution in [3.05, 3.63) is 47.5 Å². The number of hydrazone groups is 1. The van der Waals surface area contributed by atoms with Gasteiger partial charge in [0.15, 0.2) is 16.6 Å². The summed E-state index contributed by atoms with van der Waals surface area (Å²) in [6.45, 7) is 2.39. The van der Waals surface area contributed by atoms with E-state index in [2.05, 4.69) is 15.5 Å². The fourth-order valence-electron chi connectivity index (χ4n) is 2.59. The SMILES string of the molecule is CCOc1c(/C=N\NC(=O)Cc2ccc3nc(N)sc3c2)cccc1OC. The Hall–Kier alpha value is -3.13. The van der Waals surface area contributed by atoms with Crippen molar-refractivity contribution in [3.8, 4) is 11.5 Å². The van der Waals surface area contributed by atoms with Gasteiger partial charge in [-0.05, 0) is 36.8 Å². The number of ether oxygens (including phenoxy) is 2. The number of carbonyl (C=O) groups excluding carboxylic acids is 1. The number of hydrogen-bond acceptors (Lipinski definition) is 7. The molecule has 0 aliphatic heterocycles. The predicted molar refractivity (Wildman–Crippen MR) is 108 cm³/mol. The van der Waals surface area contributed by atoms with Crippen molar-refractivity contribution in [1.29, 1.82) is 0 Å². The summed E-state index contributed by atoms with van der Waals surface area (Å²) in [5, 5.41) is 4.55.